The molecule has 6 heteroatoms. The van der Waals surface area contributed by atoms with Crippen LogP contribution in [0.3, 0.4) is 0 Å². The zero-order valence-corrected chi connectivity index (χ0v) is 16.1. The van der Waals surface area contributed by atoms with Gasteiger partial charge < -0.3 is 10.6 Å². The molecule has 0 bridgehead atoms. The Bertz CT molecular complexity index is 807. The molecule has 0 unspecified atom stereocenters. The molecular weight excluding hydrogens is 362 g/mol. The lowest BCUT2D eigenvalue weighted by Gasteiger charge is -2.27. The van der Waals surface area contributed by atoms with Crippen molar-refractivity contribution in [2.45, 2.75) is 25.3 Å². The number of halogens is 1. The molecule has 0 spiro atoms. The van der Waals surface area contributed by atoms with Crippen LogP contribution in [-0.2, 0) is 16.0 Å². The van der Waals surface area contributed by atoms with E-state index < -0.39 is 0 Å². The number of benzene rings is 2. The standard InChI is InChI=1S/C21H24ClN3O2/c1-25(13-20(26)23-17-11-9-16(22)10-12-17)14-21(27)24-19-8-4-6-15-5-2-3-7-18(15)19/h2-3,5,7,9-12,19H,4,6,8,13-14H2,1H3,(H,23,26)(H,24,27)/t19-/m1/s1. The Morgan fingerprint density at radius 1 is 1.07 bits per heavy atom. The van der Waals surface area contributed by atoms with Crippen molar-refractivity contribution in [3.63, 3.8) is 0 Å². The van der Waals surface area contributed by atoms with Crippen molar-refractivity contribution >= 4 is 29.1 Å². The van der Waals surface area contributed by atoms with Crippen LogP contribution in [0.15, 0.2) is 48.5 Å². The summed E-state index contributed by atoms with van der Waals surface area (Å²) >= 11 is 5.84. The van der Waals surface area contributed by atoms with Crippen LogP contribution in [0.2, 0.25) is 5.02 Å². The molecule has 27 heavy (non-hydrogen) atoms. The summed E-state index contributed by atoms with van der Waals surface area (Å²) in [7, 11) is 1.76. The number of amides is 2. The van der Waals surface area contributed by atoms with Crippen LogP contribution in [-0.4, -0.2) is 36.9 Å². The van der Waals surface area contributed by atoms with Gasteiger partial charge >= 0.3 is 0 Å². The number of fused-ring (bicyclic) bond motifs is 1. The molecule has 3 rings (SSSR count). The molecule has 0 aliphatic heterocycles. The average Bonchev–Trinajstić information content (AvgIpc) is 2.63. The van der Waals surface area contributed by atoms with Crippen LogP contribution in [0.4, 0.5) is 5.69 Å². The molecule has 2 N–H and O–H groups in total. The number of nitrogens with one attached hydrogen (secondary N) is 2. The van der Waals surface area contributed by atoms with E-state index >= 15 is 0 Å². The fourth-order valence-electron chi connectivity index (χ4n) is 3.42. The summed E-state index contributed by atoms with van der Waals surface area (Å²) < 4.78 is 0. The summed E-state index contributed by atoms with van der Waals surface area (Å²) in [5.41, 5.74) is 3.20. The van der Waals surface area contributed by atoms with Crippen molar-refractivity contribution in [2.75, 3.05) is 25.5 Å². The van der Waals surface area contributed by atoms with Gasteiger partial charge in [-0.3, -0.25) is 14.5 Å². The first-order chi connectivity index (χ1) is 13.0. The molecule has 0 radical (unpaired) electrons. The van der Waals surface area contributed by atoms with Gasteiger partial charge in [0.15, 0.2) is 0 Å². The van der Waals surface area contributed by atoms with Crippen LogP contribution >= 0.6 is 11.6 Å². The summed E-state index contributed by atoms with van der Waals surface area (Å²) in [6, 6.07) is 15.2. The van der Waals surface area contributed by atoms with Gasteiger partial charge in [-0.15, -0.1) is 0 Å². The number of likely N-dealkylation sites (N-methyl/N-ethyl adjacent to an activating group) is 1. The second kappa shape index (κ2) is 9.02. The molecule has 5 nitrogen and oxygen atoms in total. The zero-order valence-electron chi connectivity index (χ0n) is 15.4. The highest BCUT2D eigenvalue weighted by atomic mass is 35.5. The second-order valence-corrected chi connectivity index (χ2v) is 7.37. The fraction of sp³-hybridized carbons (Fsp3) is 0.333. The molecule has 1 atom stereocenters. The first-order valence-corrected chi connectivity index (χ1v) is 9.50. The lowest BCUT2D eigenvalue weighted by Crippen LogP contribution is -2.40. The van der Waals surface area contributed by atoms with E-state index in [9.17, 15) is 9.59 Å². The van der Waals surface area contributed by atoms with Crippen molar-refractivity contribution in [1.29, 1.82) is 0 Å². The van der Waals surface area contributed by atoms with Crippen LogP contribution < -0.4 is 10.6 Å². The number of hydrogen-bond donors (Lipinski definition) is 2. The first-order valence-electron chi connectivity index (χ1n) is 9.12. The Labute approximate surface area is 164 Å². The van der Waals surface area contributed by atoms with Gasteiger partial charge in [0.1, 0.15) is 0 Å². The molecule has 2 amide bonds. The van der Waals surface area contributed by atoms with Gasteiger partial charge in [-0.1, -0.05) is 35.9 Å². The number of anilines is 1. The van der Waals surface area contributed by atoms with Gasteiger partial charge in [-0.25, -0.2) is 0 Å². The highest BCUT2D eigenvalue weighted by molar-refractivity contribution is 6.30. The van der Waals surface area contributed by atoms with E-state index in [1.165, 1.54) is 11.1 Å². The van der Waals surface area contributed by atoms with E-state index in [1.807, 2.05) is 12.1 Å². The Kier molecular flexibility index (Phi) is 6.48. The van der Waals surface area contributed by atoms with E-state index in [0.29, 0.717) is 10.7 Å². The molecule has 0 saturated heterocycles. The quantitative estimate of drug-likeness (QED) is 0.801. The van der Waals surface area contributed by atoms with Gasteiger partial charge in [-0.2, -0.15) is 0 Å². The Hall–Kier alpha value is -2.37. The lowest BCUT2D eigenvalue weighted by molar-refractivity contribution is -0.123. The van der Waals surface area contributed by atoms with Crippen molar-refractivity contribution in [1.82, 2.24) is 10.2 Å². The van der Waals surface area contributed by atoms with E-state index in [2.05, 4.69) is 22.8 Å². The summed E-state index contributed by atoms with van der Waals surface area (Å²) in [5.74, 6) is -0.242. The molecule has 0 saturated carbocycles. The normalized spacial score (nSPS) is 15.9. The third kappa shape index (κ3) is 5.55. The van der Waals surface area contributed by atoms with Crippen LogP contribution in [0.1, 0.15) is 30.0 Å². The number of carbonyl (C=O) groups excluding carboxylic acids is 2. The third-order valence-corrected chi connectivity index (χ3v) is 4.91. The van der Waals surface area contributed by atoms with Gasteiger partial charge in [0, 0.05) is 10.7 Å². The number of carbonyl (C=O) groups is 2. The Balaban J connectivity index is 1.48. The fourth-order valence-corrected chi connectivity index (χ4v) is 3.55. The number of nitrogens with zero attached hydrogens (tertiary/aromatic N) is 1. The predicted molar refractivity (Wildman–Crippen MR) is 108 cm³/mol. The minimum absolute atomic E-state index is 0.0544. The molecule has 0 fully saturated rings. The first kappa shape index (κ1) is 19.4. The zero-order chi connectivity index (χ0) is 19.2. The maximum absolute atomic E-state index is 12.4. The summed E-state index contributed by atoms with van der Waals surface area (Å²) in [6.07, 6.45) is 3.08. The minimum atomic E-state index is -0.171. The second-order valence-electron chi connectivity index (χ2n) is 6.94. The van der Waals surface area contributed by atoms with Crippen LogP contribution in [0, 0.1) is 0 Å². The highest BCUT2D eigenvalue weighted by Gasteiger charge is 2.22. The molecule has 1 aliphatic carbocycles. The molecule has 2 aromatic rings. The minimum Gasteiger partial charge on any atom is -0.348 e. The van der Waals surface area contributed by atoms with Gasteiger partial charge in [-0.05, 0) is 61.7 Å². The molecule has 142 valence electrons. The van der Waals surface area contributed by atoms with E-state index in [1.54, 1.807) is 36.2 Å². The van der Waals surface area contributed by atoms with Crippen molar-refractivity contribution in [3.8, 4) is 0 Å². The van der Waals surface area contributed by atoms with Gasteiger partial charge in [0.2, 0.25) is 11.8 Å². The monoisotopic (exact) mass is 385 g/mol. The van der Waals surface area contributed by atoms with E-state index in [4.69, 9.17) is 11.6 Å². The maximum atomic E-state index is 12.4. The highest BCUT2D eigenvalue weighted by Crippen LogP contribution is 2.29. The largest absolute Gasteiger partial charge is 0.348 e. The summed E-state index contributed by atoms with van der Waals surface area (Å²) in [6.45, 7) is 0.310. The van der Waals surface area contributed by atoms with Crippen LogP contribution in [0.25, 0.3) is 0 Å². The Morgan fingerprint density at radius 2 is 1.78 bits per heavy atom. The number of aryl methyl sites for hydroxylation is 1. The average molecular weight is 386 g/mol. The van der Waals surface area contributed by atoms with Gasteiger partial charge in [0.25, 0.3) is 0 Å². The summed E-state index contributed by atoms with van der Waals surface area (Å²) in [5, 5.41) is 6.52. The predicted octanol–water partition coefficient (Wildman–Crippen LogP) is 3.40. The smallest absolute Gasteiger partial charge is 0.238 e. The van der Waals surface area contributed by atoms with Crippen molar-refractivity contribution < 1.29 is 9.59 Å². The van der Waals surface area contributed by atoms with Crippen molar-refractivity contribution in [2.24, 2.45) is 0 Å². The lowest BCUT2D eigenvalue weighted by atomic mass is 9.88. The molecule has 0 heterocycles. The van der Waals surface area contributed by atoms with Crippen LogP contribution in [0.5, 0.6) is 0 Å². The SMILES string of the molecule is CN(CC(=O)Nc1ccc(Cl)cc1)CC(=O)N[C@@H]1CCCc2ccccc21. The van der Waals surface area contributed by atoms with E-state index in [-0.39, 0.29) is 30.9 Å². The number of hydrogen-bond acceptors (Lipinski definition) is 3. The molecule has 1 aliphatic rings. The molecule has 2 aromatic carbocycles. The molecule has 0 aromatic heterocycles. The number of rotatable bonds is 6. The summed E-state index contributed by atoms with van der Waals surface area (Å²) in [4.78, 5) is 26.2. The Morgan fingerprint density at radius 3 is 2.56 bits per heavy atom. The topological polar surface area (TPSA) is 61.4 Å². The maximum Gasteiger partial charge on any atom is 0.238 e. The van der Waals surface area contributed by atoms with Gasteiger partial charge in [0.05, 0.1) is 19.1 Å². The van der Waals surface area contributed by atoms with E-state index in [0.717, 1.165) is 19.3 Å². The molecular formula is C21H24ClN3O2. The van der Waals surface area contributed by atoms with Crippen molar-refractivity contribution in [3.05, 3.63) is 64.7 Å². The third-order valence-electron chi connectivity index (χ3n) is 4.66.